The highest BCUT2D eigenvalue weighted by atomic mass is 32.1. The fourth-order valence-electron chi connectivity index (χ4n) is 8.32. The third kappa shape index (κ3) is 6.01. The number of nitrogens with one attached hydrogen (secondary N) is 1. The van der Waals surface area contributed by atoms with Crippen LogP contribution in [0.2, 0.25) is 0 Å². The second-order valence-electron chi connectivity index (χ2n) is 14.7. The van der Waals surface area contributed by atoms with Gasteiger partial charge in [0.25, 0.3) is 0 Å². The van der Waals surface area contributed by atoms with Gasteiger partial charge in [0.2, 0.25) is 0 Å². The number of hydrogen-bond acceptors (Lipinski definition) is 7. The van der Waals surface area contributed by atoms with Gasteiger partial charge in [-0.3, -0.25) is 5.41 Å². The van der Waals surface area contributed by atoms with Crippen LogP contribution in [-0.4, -0.2) is 35.9 Å². The maximum Gasteiger partial charge on any atom is 0.164 e. The molecule has 3 heterocycles. The van der Waals surface area contributed by atoms with Crippen molar-refractivity contribution >= 4 is 63.0 Å². The van der Waals surface area contributed by atoms with Gasteiger partial charge in [-0.15, -0.1) is 0 Å². The summed E-state index contributed by atoms with van der Waals surface area (Å²) in [6, 6.07) is 60.2. The van der Waals surface area contributed by atoms with E-state index in [1.807, 2.05) is 54.6 Å². The molecule has 3 aromatic heterocycles. The van der Waals surface area contributed by atoms with Crippen LogP contribution in [-0.2, 0) is 0 Å². The number of allylic oxidation sites excluding steroid dienone is 1. The fourth-order valence-corrected chi connectivity index (χ4v) is 8.53. The maximum atomic E-state index is 8.61. The predicted octanol–water partition coefficient (Wildman–Crippen LogP) is 12.5. The molecule has 0 unspecified atom stereocenters. The molecule has 11 rings (SSSR count). The summed E-state index contributed by atoms with van der Waals surface area (Å²) >= 11 is 4.28. The van der Waals surface area contributed by atoms with Crippen molar-refractivity contribution in [3.05, 3.63) is 193 Å². The van der Waals surface area contributed by atoms with Crippen molar-refractivity contribution in [1.29, 1.82) is 5.41 Å². The van der Waals surface area contributed by atoms with Crippen LogP contribution in [0.25, 0.3) is 101 Å². The minimum Gasteiger partial charge on any atom is -0.309 e. The zero-order valence-corrected chi connectivity index (χ0v) is 32.9. The summed E-state index contributed by atoms with van der Waals surface area (Å²) in [5, 5.41) is 11.9. The molecule has 0 saturated carbocycles. The van der Waals surface area contributed by atoms with Crippen LogP contribution in [0.15, 0.2) is 186 Å². The highest BCUT2D eigenvalue weighted by Crippen LogP contribution is 2.37. The van der Waals surface area contributed by atoms with E-state index >= 15 is 0 Å². The molecule has 0 atom stereocenters. The Morgan fingerprint density at radius 3 is 1.67 bits per heavy atom. The SMILES string of the molecule is N=C1C=Cc2c(-c3ccccc3)nc3cc(-c4ccc(-c5nc(-c6ccccc6)nc(-c6cccc(-n7c8ccccc8c8ccccc87)c6)n5)cc4)ccc3c2/C1=N/S. The van der Waals surface area contributed by atoms with E-state index in [0.29, 0.717) is 28.9 Å². The van der Waals surface area contributed by atoms with Gasteiger partial charge in [0.15, 0.2) is 17.5 Å². The van der Waals surface area contributed by atoms with E-state index in [0.717, 1.165) is 77.8 Å². The molecule has 0 radical (unpaired) electrons. The van der Waals surface area contributed by atoms with Gasteiger partial charge in [0.1, 0.15) is 5.71 Å². The van der Waals surface area contributed by atoms with E-state index in [-0.39, 0.29) is 0 Å². The van der Waals surface area contributed by atoms with Gasteiger partial charge in [0, 0.05) is 55.2 Å². The molecule has 0 amide bonds. The van der Waals surface area contributed by atoms with Crippen LogP contribution in [0.5, 0.6) is 0 Å². The molecule has 8 heteroatoms. The molecule has 60 heavy (non-hydrogen) atoms. The Morgan fingerprint density at radius 1 is 0.450 bits per heavy atom. The lowest BCUT2D eigenvalue weighted by atomic mass is 9.87. The second-order valence-corrected chi connectivity index (χ2v) is 14.9. The predicted molar refractivity (Wildman–Crippen MR) is 249 cm³/mol. The van der Waals surface area contributed by atoms with Crippen molar-refractivity contribution in [3.63, 3.8) is 0 Å². The summed E-state index contributed by atoms with van der Waals surface area (Å²) in [4.78, 5) is 20.4. The van der Waals surface area contributed by atoms with Gasteiger partial charge in [-0.2, -0.15) is 0 Å². The summed E-state index contributed by atoms with van der Waals surface area (Å²) in [7, 11) is 0. The second kappa shape index (κ2) is 14.5. The molecule has 1 aliphatic rings. The minimum absolute atomic E-state index is 0.316. The Bertz CT molecular complexity index is 3340. The summed E-state index contributed by atoms with van der Waals surface area (Å²) in [6.07, 6.45) is 3.72. The normalized spacial score (nSPS) is 13.1. The van der Waals surface area contributed by atoms with E-state index in [9.17, 15) is 0 Å². The van der Waals surface area contributed by atoms with E-state index in [1.165, 1.54) is 10.8 Å². The average molecular weight is 788 g/mol. The Labute approximate surface area is 351 Å². The highest BCUT2D eigenvalue weighted by molar-refractivity contribution is 7.79. The molecular weight excluding hydrogens is 755 g/mol. The summed E-state index contributed by atoms with van der Waals surface area (Å²) < 4.78 is 6.56. The molecule has 0 aliphatic heterocycles. The van der Waals surface area contributed by atoms with Gasteiger partial charge >= 0.3 is 0 Å². The van der Waals surface area contributed by atoms with Crippen LogP contribution in [0, 0.1) is 5.41 Å². The summed E-state index contributed by atoms with van der Waals surface area (Å²) in [5.74, 6) is 1.78. The van der Waals surface area contributed by atoms with Crippen molar-refractivity contribution in [2.24, 2.45) is 4.40 Å². The van der Waals surface area contributed by atoms with Gasteiger partial charge < -0.3 is 4.57 Å². The smallest absolute Gasteiger partial charge is 0.164 e. The lowest BCUT2D eigenvalue weighted by molar-refractivity contribution is 1.07. The number of fused-ring (bicyclic) bond motifs is 6. The van der Waals surface area contributed by atoms with Crippen LogP contribution < -0.4 is 0 Å². The summed E-state index contributed by atoms with van der Waals surface area (Å²) in [5.41, 5.74) is 13.3. The average Bonchev–Trinajstić information content (AvgIpc) is 3.66. The van der Waals surface area contributed by atoms with E-state index in [2.05, 4.69) is 149 Å². The molecule has 0 saturated heterocycles. The Hall–Kier alpha value is -7.81. The monoisotopic (exact) mass is 787 g/mol. The number of para-hydroxylation sites is 2. The van der Waals surface area contributed by atoms with Crippen LogP contribution in [0.3, 0.4) is 0 Å². The van der Waals surface area contributed by atoms with Crippen molar-refractivity contribution in [3.8, 4) is 62.2 Å². The van der Waals surface area contributed by atoms with Crippen LogP contribution in [0.4, 0.5) is 0 Å². The third-order valence-electron chi connectivity index (χ3n) is 11.2. The summed E-state index contributed by atoms with van der Waals surface area (Å²) in [6.45, 7) is 0. The Kier molecular flexibility index (Phi) is 8.57. The fraction of sp³-hybridized carbons (Fsp3) is 0. The zero-order chi connectivity index (χ0) is 40.2. The molecule has 7 aromatic carbocycles. The van der Waals surface area contributed by atoms with Crippen LogP contribution in [0.1, 0.15) is 11.1 Å². The van der Waals surface area contributed by atoms with Crippen molar-refractivity contribution < 1.29 is 0 Å². The minimum atomic E-state index is 0.316. The molecule has 7 nitrogen and oxygen atoms in total. The van der Waals surface area contributed by atoms with E-state index in [1.54, 1.807) is 6.08 Å². The van der Waals surface area contributed by atoms with Gasteiger partial charge in [-0.25, -0.2) is 24.3 Å². The standard InChI is InChI=1S/C52H33N7S/c53-43-29-28-42-47(49(43)58-60)41-27-26-36(31-44(41)54-48(42)33-12-3-1-4-13-33)32-22-24-35(25-23-32)51-55-50(34-14-5-2-6-15-34)56-52(57-51)37-16-11-17-38(30-37)59-45-20-9-7-18-39(45)40-19-8-10-21-46(40)59/h1-31,53,60H/b53-43?,58-49+. The van der Waals surface area contributed by atoms with Gasteiger partial charge in [0.05, 0.1) is 28.0 Å². The first kappa shape index (κ1) is 35.4. The molecule has 0 spiro atoms. The van der Waals surface area contributed by atoms with Crippen molar-refractivity contribution in [2.45, 2.75) is 0 Å². The topological polar surface area (TPSA) is 92.7 Å². The number of hydrogen-bond donors (Lipinski definition) is 2. The molecule has 1 aliphatic carbocycles. The first-order valence-electron chi connectivity index (χ1n) is 19.7. The Morgan fingerprint density at radius 2 is 1.00 bits per heavy atom. The van der Waals surface area contributed by atoms with Crippen molar-refractivity contribution in [1.82, 2.24) is 24.5 Å². The maximum absolute atomic E-state index is 8.61. The number of pyridine rings is 1. The number of benzene rings is 7. The quantitative estimate of drug-likeness (QED) is 0.164. The van der Waals surface area contributed by atoms with E-state index < -0.39 is 0 Å². The highest BCUT2D eigenvalue weighted by Gasteiger charge is 2.24. The van der Waals surface area contributed by atoms with Gasteiger partial charge in [-0.1, -0.05) is 146 Å². The molecule has 0 fully saturated rings. The largest absolute Gasteiger partial charge is 0.309 e. The third-order valence-corrected chi connectivity index (χ3v) is 11.4. The molecule has 282 valence electrons. The van der Waals surface area contributed by atoms with E-state index in [4.69, 9.17) is 25.3 Å². The number of nitrogens with zero attached hydrogens (tertiary/aromatic N) is 6. The molecule has 1 N–H and O–H groups in total. The van der Waals surface area contributed by atoms with Crippen molar-refractivity contribution in [2.75, 3.05) is 0 Å². The number of rotatable bonds is 6. The molecular formula is C52H33N7S. The number of aromatic nitrogens is 5. The zero-order valence-electron chi connectivity index (χ0n) is 32.0. The first-order chi connectivity index (χ1) is 29.6. The lowest BCUT2D eigenvalue weighted by Gasteiger charge is -2.20. The van der Waals surface area contributed by atoms with Gasteiger partial charge in [-0.05, 0) is 66.4 Å². The Balaban J connectivity index is 1.00. The lowest BCUT2D eigenvalue weighted by Crippen LogP contribution is -2.18. The first-order valence-corrected chi connectivity index (χ1v) is 20.1. The molecule has 10 aromatic rings. The number of thiol groups is 1. The van der Waals surface area contributed by atoms with Crippen LogP contribution >= 0.6 is 12.8 Å². The molecule has 0 bridgehead atoms.